The van der Waals surface area contributed by atoms with E-state index in [1.54, 1.807) is 0 Å². The summed E-state index contributed by atoms with van der Waals surface area (Å²) < 4.78 is 6.92. The molecule has 4 aromatic rings. The Labute approximate surface area is 181 Å². The molecule has 30 heavy (non-hydrogen) atoms. The molecular weight excluding hydrogens is 388 g/mol. The number of hydrogen-bond acceptors (Lipinski definition) is 3. The molecule has 0 fully saturated rings. The Hall–Kier alpha value is -3.31. The lowest BCUT2D eigenvalue weighted by Gasteiger charge is -2.10. The third kappa shape index (κ3) is 4.81. The van der Waals surface area contributed by atoms with Gasteiger partial charge in [-0.05, 0) is 17.7 Å². The Morgan fingerprint density at radius 3 is 2.10 bits per heavy atom. The van der Waals surface area contributed by atoms with Crippen LogP contribution in [0.25, 0.3) is 0 Å². The van der Waals surface area contributed by atoms with E-state index in [0.717, 1.165) is 28.4 Å². The van der Waals surface area contributed by atoms with Crippen LogP contribution in [0.3, 0.4) is 0 Å². The van der Waals surface area contributed by atoms with E-state index in [4.69, 9.17) is 14.4 Å². The van der Waals surface area contributed by atoms with Gasteiger partial charge in [0, 0.05) is 23.0 Å². The first-order valence-corrected chi connectivity index (χ1v) is 10.8. The number of hydrogen-bond donors (Lipinski definition) is 0. The lowest BCUT2D eigenvalue weighted by Crippen LogP contribution is -2.21. The van der Waals surface area contributed by atoms with Gasteiger partial charge in [-0.25, -0.2) is 4.99 Å². The highest BCUT2D eigenvalue weighted by Crippen LogP contribution is 2.16. The molecule has 0 saturated heterocycles. The fourth-order valence-corrected chi connectivity index (χ4v) is 4.02. The number of amidine groups is 1. The lowest BCUT2D eigenvalue weighted by molar-refractivity contribution is 0.651. The van der Waals surface area contributed by atoms with Crippen LogP contribution in [0.4, 0.5) is 5.69 Å². The molecule has 3 aromatic carbocycles. The molecule has 0 unspecified atom stereocenters. The van der Waals surface area contributed by atoms with E-state index in [1.807, 2.05) is 66.7 Å². The summed E-state index contributed by atoms with van der Waals surface area (Å²) in [6, 6.07) is 30.5. The highest BCUT2D eigenvalue weighted by atomic mass is 32.1. The lowest BCUT2D eigenvalue weighted by atomic mass is 10.2. The van der Waals surface area contributed by atoms with E-state index in [-0.39, 0.29) is 0 Å². The van der Waals surface area contributed by atoms with Gasteiger partial charge in [0.05, 0.1) is 12.2 Å². The summed E-state index contributed by atoms with van der Waals surface area (Å²) >= 11 is 1.42. The SMILES string of the molecule is CC(C)c1nsc(=NC(=Nc2ccccc2)c2ccccc2)n1Cc1ccccc1. The van der Waals surface area contributed by atoms with Crippen LogP contribution >= 0.6 is 11.5 Å². The molecule has 0 amide bonds. The third-order valence-electron chi connectivity index (χ3n) is 4.65. The molecule has 0 bridgehead atoms. The van der Waals surface area contributed by atoms with Crippen LogP contribution in [0.1, 0.15) is 36.7 Å². The number of aromatic nitrogens is 2. The first-order valence-electron chi connectivity index (χ1n) is 10.0. The van der Waals surface area contributed by atoms with Crippen LogP contribution in [-0.2, 0) is 6.54 Å². The first-order chi connectivity index (χ1) is 14.7. The van der Waals surface area contributed by atoms with Gasteiger partial charge in [-0.1, -0.05) is 92.7 Å². The number of aliphatic imine (C=N–C) groups is 1. The molecule has 0 spiro atoms. The molecule has 0 aliphatic carbocycles. The highest BCUT2D eigenvalue weighted by molar-refractivity contribution is 7.02. The fraction of sp³-hybridized carbons (Fsp3) is 0.160. The highest BCUT2D eigenvalue weighted by Gasteiger charge is 2.13. The standard InChI is InChI=1S/C25H24N4S/c1-19(2)24-28-30-25(29(24)18-20-12-6-3-7-13-20)27-23(21-14-8-4-9-15-21)26-22-16-10-5-11-17-22/h3-17,19H,18H2,1-2H3. The van der Waals surface area contributed by atoms with Crippen LogP contribution in [0.2, 0.25) is 0 Å². The van der Waals surface area contributed by atoms with E-state index in [9.17, 15) is 0 Å². The van der Waals surface area contributed by atoms with Crippen LogP contribution in [-0.4, -0.2) is 14.8 Å². The van der Waals surface area contributed by atoms with Crippen molar-refractivity contribution in [2.24, 2.45) is 9.98 Å². The monoisotopic (exact) mass is 412 g/mol. The minimum Gasteiger partial charge on any atom is -0.299 e. The maximum Gasteiger partial charge on any atom is 0.211 e. The van der Waals surface area contributed by atoms with Gasteiger partial charge in [-0.15, -0.1) is 0 Å². The third-order valence-corrected chi connectivity index (χ3v) is 5.41. The van der Waals surface area contributed by atoms with E-state index in [2.05, 4.69) is 42.7 Å². The number of rotatable bonds is 5. The summed E-state index contributed by atoms with van der Waals surface area (Å²) in [5.74, 6) is 2.03. The van der Waals surface area contributed by atoms with E-state index < -0.39 is 0 Å². The van der Waals surface area contributed by atoms with Crippen LogP contribution in [0, 0.1) is 0 Å². The molecule has 0 N–H and O–H groups in total. The molecule has 0 aliphatic heterocycles. The first kappa shape index (κ1) is 20.0. The van der Waals surface area contributed by atoms with Crippen LogP contribution in [0.5, 0.6) is 0 Å². The molecule has 5 heteroatoms. The zero-order chi connectivity index (χ0) is 20.8. The number of para-hydroxylation sites is 1. The average molecular weight is 413 g/mol. The molecule has 0 atom stereocenters. The maximum atomic E-state index is 4.99. The van der Waals surface area contributed by atoms with Crippen molar-refractivity contribution in [2.75, 3.05) is 0 Å². The largest absolute Gasteiger partial charge is 0.299 e. The van der Waals surface area contributed by atoms with Gasteiger partial charge in [-0.2, -0.15) is 9.37 Å². The molecular formula is C25H24N4S. The summed E-state index contributed by atoms with van der Waals surface area (Å²) in [5, 5.41) is 0. The Kier molecular flexibility index (Phi) is 6.30. The predicted molar refractivity (Wildman–Crippen MR) is 124 cm³/mol. The molecule has 0 saturated carbocycles. The van der Waals surface area contributed by atoms with Crippen LogP contribution < -0.4 is 4.80 Å². The van der Waals surface area contributed by atoms with Crippen molar-refractivity contribution in [1.82, 2.24) is 8.94 Å². The van der Waals surface area contributed by atoms with Gasteiger partial charge in [0.2, 0.25) is 4.80 Å². The molecule has 1 heterocycles. The van der Waals surface area contributed by atoms with Gasteiger partial charge in [0.1, 0.15) is 5.82 Å². The fourth-order valence-electron chi connectivity index (χ4n) is 3.15. The molecule has 150 valence electrons. The van der Waals surface area contributed by atoms with Gasteiger partial charge >= 0.3 is 0 Å². The van der Waals surface area contributed by atoms with Crippen molar-refractivity contribution in [1.29, 1.82) is 0 Å². The normalized spacial score (nSPS) is 12.5. The summed E-state index contributed by atoms with van der Waals surface area (Å²) in [6.07, 6.45) is 0. The minimum absolute atomic E-state index is 0.306. The van der Waals surface area contributed by atoms with Crippen molar-refractivity contribution >= 4 is 23.1 Å². The van der Waals surface area contributed by atoms with Crippen molar-refractivity contribution in [3.63, 3.8) is 0 Å². The minimum atomic E-state index is 0.306. The van der Waals surface area contributed by atoms with Gasteiger partial charge in [-0.3, -0.25) is 4.57 Å². The average Bonchev–Trinajstić information content (AvgIpc) is 3.18. The summed E-state index contributed by atoms with van der Waals surface area (Å²) in [4.78, 5) is 10.7. The number of benzene rings is 3. The second kappa shape index (κ2) is 9.46. The quantitative estimate of drug-likeness (QED) is 0.302. The maximum absolute atomic E-state index is 4.99. The summed E-state index contributed by atoms with van der Waals surface area (Å²) in [6.45, 7) is 5.06. The second-order valence-corrected chi connectivity index (χ2v) is 8.03. The van der Waals surface area contributed by atoms with E-state index in [1.165, 1.54) is 17.1 Å². The molecule has 1 aromatic heterocycles. The van der Waals surface area contributed by atoms with Gasteiger partial charge < -0.3 is 0 Å². The molecule has 4 nitrogen and oxygen atoms in total. The summed E-state index contributed by atoms with van der Waals surface area (Å²) in [5.41, 5.74) is 3.08. The smallest absolute Gasteiger partial charge is 0.211 e. The predicted octanol–water partition coefficient (Wildman–Crippen LogP) is 5.80. The van der Waals surface area contributed by atoms with E-state index >= 15 is 0 Å². The van der Waals surface area contributed by atoms with Gasteiger partial charge in [0.25, 0.3) is 0 Å². The zero-order valence-corrected chi connectivity index (χ0v) is 18.0. The van der Waals surface area contributed by atoms with Crippen molar-refractivity contribution in [2.45, 2.75) is 26.3 Å². The topological polar surface area (TPSA) is 42.5 Å². The Morgan fingerprint density at radius 1 is 0.867 bits per heavy atom. The van der Waals surface area contributed by atoms with E-state index in [0.29, 0.717) is 11.8 Å². The zero-order valence-electron chi connectivity index (χ0n) is 17.1. The van der Waals surface area contributed by atoms with Gasteiger partial charge in [0.15, 0.2) is 5.84 Å². The molecule has 0 radical (unpaired) electrons. The molecule has 4 rings (SSSR count). The summed E-state index contributed by atoms with van der Waals surface area (Å²) in [7, 11) is 0. The van der Waals surface area contributed by atoms with Crippen molar-refractivity contribution < 1.29 is 0 Å². The Balaban J connectivity index is 1.85. The van der Waals surface area contributed by atoms with Crippen LogP contribution in [0.15, 0.2) is 101 Å². The number of nitrogens with zero attached hydrogens (tertiary/aromatic N) is 4. The van der Waals surface area contributed by atoms with Crippen molar-refractivity contribution in [3.05, 3.63) is 113 Å². The van der Waals surface area contributed by atoms with Crippen molar-refractivity contribution in [3.8, 4) is 0 Å². The Morgan fingerprint density at radius 2 is 1.47 bits per heavy atom. The molecule has 0 aliphatic rings. The second-order valence-electron chi connectivity index (χ2n) is 7.30. The Bertz CT molecular complexity index is 1170.